The molecule has 3 heterocycles. The fourth-order valence-electron chi connectivity index (χ4n) is 3.86. The minimum atomic E-state index is 0.255. The van der Waals surface area contributed by atoms with Gasteiger partial charge in [-0.2, -0.15) is 5.26 Å². The van der Waals surface area contributed by atoms with Crippen LogP contribution in [0, 0.1) is 11.3 Å². The Morgan fingerprint density at radius 3 is 2.71 bits per heavy atom. The van der Waals surface area contributed by atoms with Crippen molar-refractivity contribution < 1.29 is 9.84 Å². The Bertz CT molecular complexity index is 1310. The zero-order valence-electron chi connectivity index (χ0n) is 16.7. The number of hydrogen-bond acceptors (Lipinski definition) is 8. The number of aromatic nitrogens is 3. The van der Waals surface area contributed by atoms with Crippen molar-refractivity contribution in [1.29, 1.82) is 5.26 Å². The molecule has 2 aromatic heterocycles. The smallest absolute Gasteiger partial charge is 0.143 e. The van der Waals surface area contributed by atoms with Gasteiger partial charge >= 0.3 is 0 Å². The molecule has 154 valence electrons. The first-order valence-electron chi connectivity index (χ1n) is 10.0. The molecule has 1 saturated heterocycles. The Kier molecular flexibility index (Phi) is 5.04. The van der Waals surface area contributed by atoms with Gasteiger partial charge < -0.3 is 15.2 Å². The van der Waals surface area contributed by atoms with Gasteiger partial charge in [0, 0.05) is 43.3 Å². The first-order valence-corrected chi connectivity index (χ1v) is 10.0. The molecule has 0 aliphatic carbocycles. The highest BCUT2D eigenvalue weighted by Crippen LogP contribution is 2.32. The molecule has 1 aliphatic rings. The number of pyridine rings is 1. The van der Waals surface area contributed by atoms with E-state index in [2.05, 4.69) is 31.2 Å². The van der Waals surface area contributed by atoms with E-state index in [1.54, 1.807) is 24.5 Å². The molecule has 0 spiro atoms. The van der Waals surface area contributed by atoms with Crippen LogP contribution in [0.2, 0.25) is 0 Å². The van der Waals surface area contributed by atoms with Gasteiger partial charge in [-0.15, -0.1) is 0 Å². The highest BCUT2D eigenvalue weighted by molar-refractivity contribution is 6.10. The average molecular weight is 412 g/mol. The standard InChI is InChI=1S/C23H20N6O2/c24-13-17-12-20(22-18(28-17)2-3-19-23(22)26-6-5-25-19)27-16-1-4-21(30)15(11-16)14-29-7-9-31-10-8-29/h1-6,11-12,30H,7-10,14H2,(H,27,28). The van der Waals surface area contributed by atoms with Gasteiger partial charge in [-0.25, -0.2) is 4.98 Å². The molecular formula is C23H20N6O2. The number of phenols is 1. The largest absolute Gasteiger partial charge is 0.508 e. The summed E-state index contributed by atoms with van der Waals surface area (Å²) in [6.07, 6.45) is 3.29. The van der Waals surface area contributed by atoms with Gasteiger partial charge in [0.2, 0.25) is 0 Å². The molecule has 8 nitrogen and oxygen atoms in total. The number of nitriles is 1. The number of rotatable bonds is 4. The van der Waals surface area contributed by atoms with Gasteiger partial charge in [-0.05, 0) is 36.4 Å². The van der Waals surface area contributed by atoms with Crippen LogP contribution in [0.1, 0.15) is 11.3 Å². The molecule has 1 fully saturated rings. The number of nitrogens with one attached hydrogen (secondary N) is 1. The number of hydrogen-bond donors (Lipinski definition) is 2. The van der Waals surface area contributed by atoms with E-state index in [0.717, 1.165) is 40.9 Å². The summed E-state index contributed by atoms with van der Waals surface area (Å²) >= 11 is 0. The number of aromatic hydroxyl groups is 1. The molecule has 0 saturated carbocycles. The average Bonchev–Trinajstić information content (AvgIpc) is 2.81. The minimum absolute atomic E-state index is 0.255. The molecule has 0 unspecified atom stereocenters. The molecule has 0 atom stereocenters. The summed E-state index contributed by atoms with van der Waals surface area (Å²) in [6.45, 7) is 3.71. The summed E-state index contributed by atoms with van der Waals surface area (Å²) in [6, 6.07) is 13.0. The predicted octanol–water partition coefficient (Wildman–Crippen LogP) is 3.33. The maximum atomic E-state index is 10.4. The van der Waals surface area contributed by atoms with E-state index < -0.39 is 0 Å². The zero-order chi connectivity index (χ0) is 21.2. The molecule has 1 aliphatic heterocycles. The van der Waals surface area contributed by atoms with Crippen LogP contribution in [0.25, 0.3) is 21.9 Å². The number of ether oxygens (including phenoxy) is 1. The van der Waals surface area contributed by atoms with Crippen molar-refractivity contribution in [2.45, 2.75) is 6.54 Å². The van der Waals surface area contributed by atoms with Crippen LogP contribution in [-0.4, -0.2) is 51.3 Å². The predicted molar refractivity (Wildman–Crippen MR) is 117 cm³/mol. The van der Waals surface area contributed by atoms with E-state index in [4.69, 9.17) is 4.74 Å². The third kappa shape index (κ3) is 3.84. The Balaban J connectivity index is 1.56. The maximum Gasteiger partial charge on any atom is 0.143 e. The zero-order valence-corrected chi connectivity index (χ0v) is 16.7. The van der Waals surface area contributed by atoms with E-state index in [1.165, 1.54) is 0 Å². The fourth-order valence-corrected chi connectivity index (χ4v) is 3.86. The van der Waals surface area contributed by atoms with Crippen molar-refractivity contribution in [3.63, 3.8) is 0 Å². The topological polar surface area (TPSA) is 107 Å². The quantitative estimate of drug-likeness (QED) is 0.388. The highest BCUT2D eigenvalue weighted by atomic mass is 16.5. The monoisotopic (exact) mass is 412 g/mol. The Morgan fingerprint density at radius 2 is 1.87 bits per heavy atom. The fraction of sp³-hybridized carbons (Fsp3) is 0.217. The molecule has 0 radical (unpaired) electrons. The van der Waals surface area contributed by atoms with E-state index in [0.29, 0.717) is 36.5 Å². The number of nitrogens with zero attached hydrogens (tertiary/aromatic N) is 5. The molecule has 2 aromatic carbocycles. The van der Waals surface area contributed by atoms with E-state index in [-0.39, 0.29) is 5.75 Å². The van der Waals surface area contributed by atoms with E-state index in [9.17, 15) is 10.4 Å². The molecule has 31 heavy (non-hydrogen) atoms. The van der Waals surface area contributed by atoms with Crippen molar-refractivity contribution in [2.24, 2.45) is 0 Å². The van der Waals surface area contributed by atoms with Crippen LogP contribution in [0.15, 0.2) is 48.8 Å². The van der Waals surface area contributed by atoms with Crippen molar-refractivity contribution in [2.75, 3.05) is 31.6 Å². The summed E-state index contributed by atoms with van der Waals surface area (Å²) in [5, 5.41) is 24.0. The third-order valence-electron chi connectivity index (χ3n) is 5.38. The highest BCUT2D eigenvalue weighted by Gasteiger charge is 2.15. The van der Waals surface area contributed by atoms with Crippen LogP contribution in [0.4, 0.5) is 11.4 Å². The first kappa shape index (κ1) is 19.2. The molecule has 5 rings (SSSR count). The van der Waals surface area contributed by atoms with Crippen LogP contribution in [-0.2, 0) is 11.3 Å². The van der Waals surface area contributed by atoms with Gasteiger partial charge in [0.25, 0.3) is 0 Å². The second-order valence-corrected chi connectivity index (χ2v) is 7.41. The van der Waals surface area contributed by atoms with E-state index in [1.807, 2.05) is 24.3 Å². The van der Waals surface area contributed by atoms with Gasteiger partial charge in [-0.1, -0.05) is 0 Å². The van der Waals surface area contributed by atoms with Crippen LogP contribution in [0.3, 0.4) is 0 Å². The van der Waals surface area contributed by atoms with Gasteiger partial charge in [-0.3, -0.25) is 14.9 Å². The Morgan fingerprint density at radius 1 is 1.06 bits per heavy atom. The van der Waals surface area contributed by atoms with Crippen molar-refractivity contribution >= 4 is 33.3 Å². The second-order valence-electron chi connectivity index (χ2n) is 7.41. The maximum absolute atomic E-state index is 10.4. The van der Waals surface area contributed by atoms with Crippen molar-refractivity contribution in [3.05, 3.63) is 60.0 Å². The SMILES string of the molecule is N#Cc1cc(Nc2ccc(O)c(CN3CCOCC3)c2)c2c(ccc3nccnc32)n1. The lowest BCUT2D eigenvalue weighted by Crippen LogP contribution is -2.35. The lowest BCUT2D eigenvalue weighted by atomic mass is 10.1. The molecular weight excluding hydrogens is 392 g/mol. The number of fused-ring (bicyclic) bond motifs is 3. The van der Waals surface area contributed by atoms with Crippen LogP contribution < -0.4 is 5.32 Å². The lowest BCUT2D eigenvalue weighted by molar-refractivity contribution is 0.0339. The summed E-state index contributed by atoms with van der Waals surface area (Å²) in [5.41, 5.74) is 4.80. The molecule has 4 aromatic rings. The second kappa shape index (κ2) is 8.14. The van der Waals surface area contributed by atoms with Crippen molar-refractivity contribution in [3.8, 4) is 11.8 Å². The van der Waals surface area contributed by atoms with Crippen LogP contribution >= 0.6 is 0 Å². The van der Waals surface area contributed by atoms with Gasteiger partial charge in [0.1, 0.15) is 23.0 Å². The minimum Gasteiger partial charge on any atom is -0.508 e. The number of phenolic OH excluding ortho intramolecular Hbond substituents is 1. The first-order chi connectivity index (χ1) is 15.2. The molecule has 0 bridgehead atoms. The van der Waals surface area contributed by atoms with Gasteiger partial charge in [0.05, 0.1) is 35.3 Å². The summed E-state index contributed by atoms with van der Waals surface area (Å²) in [7, 11) is 0. The molecule has 0 amide bonds. The van der Waals surface area contributed by atoms with Gasteiger partial charge in [0.15, 0.2) is 0 Å². The van der Waals surface area contributed by atoms with Crippen molar-refractivity contribution in [1.82, 2.24) is 19.9 Å². The number of benzene rings is 2. The Hall–Kier alpha value is -3.80. The number of anilines is 2. The number of morpholine rings is 1. The summed E-state index contributed by atoms with van der Waals surface area (Å²) in [4.78, 5) is 15.6. The summed E-state index contributed by atoms with van der Waals surface area (Å²) in [5.74, 6) is 0.255. The third-order valence-corrected chi connectivity index (χ3v) is 5.38. The Labute approximate surface area is 178 Å². The lowest BCUT2D eigenvalue weighted by Gasteiger charge is -2.27. The normalized spacial score (nSPS) is 14.5. The molecule has 2 N–H and O–H groups in total. The molecule has 8 heteroatoms. The summed E-state index contributed by atoms with van der Waals surface area (Å²) < 4.78 is 5.41. The van der Waals surface area contributed by atoms with Crippen LogP contribution in [0.5, 0.6) is 5.75 Å². The van der Waals surface area contributed by atoms with E-state index >= 15 is 0 Å².